The fourth-order valence-corrected chi connectivity index (χ4v) is 2.56. The molecular formula is C15H27N3O. The molecule has 4 nitrogen and oxygen atoms in total. The van der Waals surface area contributed by atoms with Gasteiger partial charge in [0.25, 0.3) is 0 Å². The molecule has 1 aromatic heterocycles. The Balaban J connectivity index is 1.94. The van der Waals surface area contributed by atoms with E-state index in [0.29, 0.717) is 12.1 Å². The molecule has 1 saturated heterocycles. The number of ether oxygens (including phenoxy) is 1. The number of nitrogens with one attached hydrogen (secondary N) is 1. The van der Waals surface area contributed by atoms with Gasteiger partial charge in [-0.1, -0.05) is 13.8 Å². The first kappa shape index (κ1) is 14.5. The monoisotopic (exact) mass is 265 g/mol. The van der Waals surface area contributed by atoms with E-state index >= 15 is 0 Å². The van der Waals surface area contributed by atoms with E-state index in [2.05, 4.69) is 49.7 Å². The molecule has 4 heteroatoms. The predicted octanol–water partition coefficient (Wildman–Crippen LogP) is 2.65. The van der Waals surface area contributed by atoms with Crippen molar-refractivity contribution in [2.24, 2.45) is 0 Å². The molecular weight excluding hydrogens is 238 g/mol. The average molecular weight is 265 g/mol. The molecule has 19 heavy (non-hydrogen) atoms. The van der Waals surface area contributed by atoms with Crippen molar-refractivity contribution < 1.29 is 4.74 Å². The molecule has 108 valence electrons. The molecule has 1 atom stereocenters. The topological polar surface area (TPSA) is 39.1 Å². The fraction of sp³-hybridized carbons (Fsp3) is 0.800. The van der Waals surface area contributed by atoms with Crippen LogP contribution < -0.4 is 5.32 Å². The molecule has 0 amide bonds. The van der Waals surface area contributed by atoms with Crippen LogP contribution in [0.1, 0.15) is 51.8 Å². The van der Waals surface area contributed by atoms with Gasteiger partial charge in [0.15, 0.2) is 0 Å². The van der Waals surface area contributed by atoms with E-state index in [1.807, 2.05) is 6.20 Å². The van der Waals surface area contributed by atoms with E-state index in [-0.39, 0.29) is 5.60 Å². The smallest absolute Gasteiger partial charge is 0.0779 e. The summed E-state index contributed by atoms with van der Waals surface area (Å²) in [5.74, 6) is 0. The van der Waals surface area contributed by atoms with Crippen molar-refractivity contribution in [1.82, 2.24) is 15.1 Å². The zero-order valence-corrected chi connectivity index (χ0v) is 12.9. The number of aromatic nitrogens is 2. The van der Waals surface area contributed by atoms with Crippen molar-refractivity contribution in [1.29, 1.82) is 0 Å². The Labute approximate surface area is 116 Å². The van der Waals surface area contributed by atoms with Crippen molar-refractivity contribution in [3.8, 4) is 0 Å². The normalized spacial score (nSPS) is 22.3. The molecule has 2 heterocycles. The highest BCUT2D eigenvalue weighted by molar-refractivity contribution is 5.16. The largest absolute Gasteiger partial charge is 0.370 e. The van der Waals surface area contributed by atoms with Crippen molar-refractivity contribution in [3.05, 3.63) is 17.5 Å². The lowest BCUT2D eigenvalue weighted by Gasteiger charge is -2.19. The molecule has 1 fully saturated rings. The minimum Gasteiger partial charge on any atom is -0.370 e. The number of hydrogen-bond acceptors (Lipinski definition) is 3. The molecule has 1 aliphatic rings. The lowest BCUT2D eigenvalue weighted by atomic mass is 10.1. The van der Waals surface area contributed by atoms with Crippen LogP contribution in [0.5, 0.6) is 0 Å². The molecule has 0 radical (unpaired) electrons. The maximum atomic E-state index is 6.04. The summed E-state index contributed by atoms with van der Waals surface area (Å²) in [4.78, 5) is 0. The van der Waals surface area contributed by atoms with Crippen LogP contribution in [-0.2, 0) is 17.8 Å². The summed E-state index contributed by atoms with van der Waals surface area (Å²) in [7, 11) is 0. The number of hydrogen-bond donors (Lipinski definition) is 1. The van der Waals surface area contributed by atoms with E-state index in [9.17, 15) is 0 Å². The van der Waals surface area contributed by atoms with Crippen LogP contribution >= 0.6 is 0 Å². The van der Waals surface area contributed by atoms with Gasteiger partial charge in [-0.3, -0.25) is 4.68 Å². The first-order chi connectivity index (χ1) is 8.87. The quantitative estimate of drug-likeness (QED) is 0.889. The first-order valence-electron chi connectivity index (χ1n) is 7.30. The lowest BCUT2D eigenvalue weighted by molar-refractivity contribution is -0.0232. The highest BCUT2D eigenvalue weighted by Crippen LogP contribution is 2.30. The Kier molecular flexibility index (Phi) is 4.31. The third-order valence-corrected chi connectivity index (χ3v) is 3.84. The summed E-state index contributed by atoms with van der Waals surface area (Å²) < 4.78 is 8.13. The fourth-order valence-electron chi connectivity index (χ4n) is 2.56. The zero-order valence-electron chi connectivity index (χ0n) is 12.9. The van der Waals surface area contributed by atoms with E-state index in [1.165, 1.54) is 11.3 Å². The standard InChI is InChI=1S/C15H27N3O/c1-11(2)16-8-13-9-17-18(12(13)3)10-14-6-7-15(4,5)19-14/h9,11,14,16H,6-8,10H2,1-5H3. The van der Waals surface area contributed by atoms with E-state index in [4.69, 9.17) is 4.74 Å². The second-order valence-electron chi connectivity index (χ2n) is 6.51. The Morgan fingerprint density at radius 3 is 2.84 bits per heavy atom. The van der Waals surface area contributed by atoms with Crippen LogP contribution in [0.2, 0.25) is 0 Å². The van der Waals surface area contributed by atoms with Gasteiger partial charge in [0.1, 0.15) is 0 Å². The molecule has 0 saturated carbocycles. The van der Waals surface area contributed by atoms with Crippen LogP contribution in [-0.4, -0.2) is 27.5 Å². The Hall–Kier alpha value is -0.870. The summed E-state index contributed by atoms with van der Waals surface area (Å²) in [6.07, 6.45) is 4.55. The van der Waals surface area contributed by atoms with Crippen LogP contribution in [0.25, 0.3) is 0 Å². The van der Waals surface area contributed by atoms with Gasteiger partial charge in [0.2, 0.25) is 0 Å². The van der Waals surface area contributed by atoms with Crippen LogP contribution in [0.3, 0.4) is 0 Å². The third-order valence-electron chi connectivity index (χ3n) is 3.84. The lowest BCUT2D eigenvalue weighted by Crippen LogP contribution is -2.24. The first-order valence-corrected chi connectivity index (χ1v) is 7.30. The summed E-state index contributed by atoms with van der Waals surface area (Å²) in [6, 6.07) is 0.502. The molecule has 0 bridgehead atoms. The molecule has 2 rings (SSSR count). The number of nitrogens with zero attached hydrogens (tertiary/aromatic N) is 2. The Morgan fingerprint density at radius 1 is 1.53 bits per heavy atom. The molecule has 0 spiro atoms. The summed E-state index contributed by atoms with van der Waals surface area (Å²) >= 11 is 0. The maximum absolute atomic E-state index is 6.04. The average Bonchev–Trinajstić information content (AvgIpc) is 2.82. The molecule has 0 aliphatic carbocycles. The van der Waals surface area contributed by atoms with Gasteiger partial charge in [0, 0.05) is 23.8 Å². The highest BCUT2D eigenvalue weighted by atomic mass is 16.5. The number of rotatable bonds is 5. The zero-order chi connectivity index (χ0) is 14.0. The summed E-state index contributed by atoms with van der Waals surface area (Å²) in [6.45, 7) is 12.6. The Bertz CT molecular complexity index is 423. The van der Waals surface area contributed by atoms with Gasteiger partial charge in [-0.05, 0) is 33.6 Å². The van der Waals surface area contributed by atoms with Crippen LogP contribution in [0, 0.1) is 6.92 Å². The predicted molar refractivity (Wildman–Crippen MR) is 77.1 cm³/mol. The van der Waals surface area contributed by atoms with Crippen LogP contribution in [0.15, 0.2) is 6.20 Å². The molecule has 1 unspecified atom stereocenters. The molecule has 1 aromatic rings. The van der Waals surface area contributed by atoms with Crippen LogP contribution in [0.4, 0.5) is 0 Å². The summed E-state index contributed by atoms with van der Waals surface area (Å²) in [5, 5.41) is 7.94. The van der Waals surface area contributed by atoms with E-state index < -0.39 is 0 Å². The summed E-state index contributed by atoms with van der Waals surface area (Å²) in [5.41, 5.74) is 2.57. The molecule has 0 aromatic carbocycles. The van der Waals surface area contributed by atoms with Crippen molar-refractivity contribution in [2.75, 3.05) is 0 Å². The minimum absolute atomic E-state index is 0.0355. The van der Waals surface area contributed by atoms with Gasteiger partial charge in [-0.15, -0.1) is 0 Å². The van der Waals surface area contributed by atoms with E-state index in [0.717, 1.165) is 25.9 Å². The van der Waals surface area contributed by atoms with Gasteiger partial charge in [0.05, 0.1) is 24.4 Å². The second kappa shape index (κ2) is 5.63. The SMILES string of the molecule is Cc1c(CNC(C)C)cnn1CC1CCC(C)(C)O1. The van der Waals surface area contributed by atoms with Gasteiger partial charge >= 0.3 is 0 Å². The van der Waals surface area contributed by atoms with E-state index in [1.54, 1.807) is 0 Å². The highest BCUT2D eigenvalue weighted by Gasteiger charge is 2.32. The maximum Gasteiger partial charge on any atom is 0.0779 e. The van der Waals surface area contributed by atoms with Crippen molar-refractivity contribution >= 4 is 0 Å². The van der Waals surface area contributed by atoms with Gasteiger partial charge < -0.3 is 10.1 Å². The second-order valence-corrected chi connectivity index (χ2v) is 6.51. The minimum atomic E-state index is 0.0355. The van der Waals surface area contributed by atoms with Gasteiger partial charge in [-0.25, -0.2) is 0 Å². The molecule has 1 aliphatic heterocycles. The third kappa shape index (κ3) is 3.80. The van der Waals surface area contributed by atoms with Gasteiger partial charge in [-0.2, -0.15) is 5.10 Å². The van der Waals surface area contributed by atoms with Crippen molar-refractivity contribution in [3.63, 3.8) is 0 Å². The Morgan fingerprint density at radius 2 is 2.26 bits per heavy atom. The van der Waals surface area contributed by atoms with Crippen molar-refractivity contribution in [2.45, 2.75) is 78.3 Å². The molecule has 1 N–H and O–H groups in total.